The van der Waals surface area contributed by atoms with Crippen LogP contribution in [0, 0.1) is 6.92 Å². The molecule has 126 valence electrons. The minimum absolute atomic E-state index is 0.00411. The molecule has 0 bridgehead atoms. The highest BCUT2D eigenvalue weighted by Crippen LogP contribution is 2.27. The van der Waals surface area contributed by atoms with Crippen molar-refractivity contribution in [2.75, 3.05) is 32.7 Å². The molecule has 0 radical (unpaired) electrons. The second-order valence-electron chi connectivity index (χ2n) is 6.51. The number of nitrogens with one attached hydrogen (secondary N) is 1. The molecule has 1 aliphatic heterocycles. The van der Waals surface area contributed by atoms with E-state index in [0.29, 0.717) is 6.54 Å². The Labute approximate surface area is 140 Å². The Bertz CT molecular complexity index is 949. The normalized spacial score (nSPS) is 16.2. The predicted octanol–water partition coefficient (Wildman–Crippen LogP) is 1.10. The third kappa shape index (κ3) is 2.42. The standard InChI is InChI=1S/C18H23N5O/c1-13-16-14-5-3-4-6-15(14)21(2)17(16)18(24)23(20-13)12-11-22-9-7-19-8-10-22/h3-6,19H,7-12H2,1-2H3. The summed E-state index contributed by atoms with van der Waals surface area (Å²) in [6.07, 6.45) is 0. The molecule has 0 spiro atoms. The fourth-order valence-electron chi connectivity index (χ4n) is 3.73. The van der Waals surface area contributed by atoms with E-state index in [1.807, 2.05) is 30.7 Å². The van der Waals surface area contributed by atoms with Crippen LogP contribution in [0.1, 0.15) is 5.69 Å². The van der Waals surface area contributed by atoms with Crippen LogP contribution in [-0.4, -0.2) is 52.0 Å². The van der Waals surface area contributed by atoms with Crippen molar-refractivity contribution in [1.82, 2.24) is 24.6 Å². The summed E-state index contributed by atoms with van der Waals surface area (Å²) in [5.41, 5.74) is 2.75. The summed E-state index contributed by atoms with van der Waals surface area (Å²) in [5, 5.41) is 10.0. The molecule has 6 heteroatoms. The number of benzene rings is 1. The van der Waals surface area contributed by atoms with Gasteiger partial charge in [0.15, 0.2) is 0 Å². The Morgan fingerprint density at radius 1 is 1.17 bits per heavy atom. The van der Waals surface area contributed by atoms with E-state index >= 15 is 0 Å². The van der Waals surface area contributed by atoms with Crippen LogP contribution in [0.25, 0.3) is 21.8 Å². The zero-order valence-electron chi connectivity index (χ0n) is 14.2. The first-order chi connectivity index (χ1) is 11.7. The van der Waals surface area contributed by atoms with E-state index in [1.165, 1.54) is 0 Å². The summed E-state index contributed by atoms with van der Waals surface area (Å²) in [6, 6.07) is 8.14. The summed E-state index contributed by atoms with van der Waals surface area (Å²) >= 11 is 0. The van der Waals surface area contributed by atoms with Gasteiger partial charge in [-0.2, -0.15) is 5.10 Å². The first-order valence-corrected chi connectivity index (χ1v) is 8.55. The summed E-state index contributed by atoms with van der Waals surface area (Å²) < 4.78 is 3.64. The maximum Gasteiger partial charge on any atom is 0.291 e. The van der Waals surface area contributed by atoms with Crippen LogP contribution in [0.5, 0.6) is 0 Å². The Morgan fingerprint density at radius 2 is 1.92 bits per heavy atom. The Hall–Kier alpha value is -2.18. The number of piperazine rings is 1. The maximum atomic E-state index is 13.0. The van der Waals surface area contributed by atoms with E-state index in [9.17, 15) is 4.79 Å². The van der Waals surface area contributed by atoms with Gasteiger partial charge in [0, 0.05) is 56.1 Å². The summed E-state index contributed by atoms with van der Waals surface area (Å²) in [7, 11) is 1.96. The number of rotatable bonds is 3. The molecule has 6 nitrogen and oxygen atoms in total. The number of aromatic nitrogens is 3. The molecule has 0 unspecified atom stereocenters. The first-order valence-electron chi connectivity index (χ1n) is 8.55. The monoisotopic (exact) mass is 325 g/mol. The van der Waals surface area contributed by atoms with Crippen molar-refractivity contribution in [2.24, 2.45) is 7.05 Å². The van der Waals surface area contributed by atoms with E-state index in [1.54, 1.807) is 4.68 Å². The van der Waals surface area contributed by atoms with Gasteiger partial charge >= 0.3 is 0 Å². The zero-order chi connectivity index (χ0) is 16.7. The molecule has 1 saturated heterocycles. The Morgan fingerprint density at radius 3 is 2.71 bits per heavy atom. The molecule has 24 heavy (non-hydrogen) atoms. The van der Waals surface area contributed by atoms with Crippen molar-refractivity contribution < 1.29 is 0 Å². The smallest absolute Gasteiger partial charge is 0.291 e. The van der Waals surface area contributed by atoms with Crippen LogP contribution in [0.15, 0.2) is 29.1 Å². The minimum Gasteiger partial charge on any atom is -0.339 e. The lowest BCUT2D eigenvalue weighted by molar-refractivity contribution is 0.228. The van der Waals surface area contributed by atoms with Gasteiger partial charge in [-0.05, 0) is 13.0 Å². The van der Waals surface area contributed by atoms with Crippen LogP contribution in [0.2, 0.25) is 0 Å². The Kier molecular flexibility index (Phi) is 3.86. The van der Waals surface area contributed by atoms with Gasteiger partial charge in [-0.15, -0.1) is 0 Å². The van der Waals surface area contributed by atoms with Crippen molar-refractivity contribution in [3.63, 3.8) is 0 Å². The average molecular weight is 325 g/mol. The number of nitrogens with zero attached hydrogens (tertiary/aromatic N) is 4. The van der Waals surface area contributed by atoms with Crippen LogP contribution < -0.4 is 10.9 Å². The molecule has 0 atom stereocenters. The molecule has 1 aromatic carbocycles. The lowest BCUT2D eigenvalue weighted by Gasteiger charge is -2.27. The van der Waals surface area contributed by atoms with E-state index < -0.39 is 0 Å². The van der Waals surface area contributed by atoms with Crippen molar-refractivity contribution in [1.29, 1.82) is 0 Å². The third-order valence-electron chi connectivity index (χ3n) is 5.01. The van der Waals surface area contributed by atoms with Gasteiger partial charge < -0.3 is 9.88 Å². The second-order valence-corrected chi connectivity index (χ2v) is 6.51. The van der Waals surface area contributed by atoms with E-state index in [-0.39, 0.29) is 5.56 Å². The summed E-state index contributed by atoms with van der Waals surface area (Å²) in [5.74, 6) is 0. The van der Waals surface area contributed by atoms with E-state index in [0.717, 1.165) is 60.2 Å². The van der Waals surface area contributed by atoms with Gasteiger partial charge in [0.1, 0.15) is 5.52 Å². The van der Waals surface area contributed by atoms with Gasteiger partial charge in [0.2, 0.25) is 0 Å². The van der Waals surface area contributed by atoms with Crippen LogP contribution >= 0.6 is 0 Å². The fraction of sp³-hybridized carbons (Fsp3) is 0.444. The van der Waals surface area contributed by atoms with Crippen LogP contribution in [-0.2, 0) is 13.6 Å². The number of aryl methyl sites for hydroxylation is 2. The van der Waals surface area contributed by atoms with Crippen molar-refractivity contribution in [3.8, 4) is 0 Å². The number of para-hydroxylation sites is 1. The fourth-order valence-corrected chi connectivity index (χ4v) is 3.73. The quantitative estimate of drug-likeness (QED) is 0.784. The zero-order valence-corrected chi connectivity index (χ0v) is 14.2. The molecule has 0 saturated carbocycles. The summed E-state index contributed by atoms with van der Waals surface area (Å²) in [6.45, 7) is 7.59. The minimum atomic E-state index is 0.00411. The molecule has 1 aliphatic rings. The molecule has 0 amide bonds. The van der Waals surface area contributed by atoms with Gasteiger partial charge in [-0.3, -0.25) is 9.69 Å². The topological polar surface area (TPSA) is 55.1 Å². The SMILES string of the molecule is Cc1nn(CCN2CCNCC2)c(=O)c2c1c1ccccc1n2C. The molecule has 1 N–H and O–H groups in total. The second kappa shape index (κ2) is 6.03. The van der Waals surface area contributed by atoms with Gasteiger partial charge in [0.25, 0.3) is 5.56 Å². The molecular weight excluding hydrogens is 302 g/mol. The molecule has 0 aliphatic carbocycles. The van der Waals surface area contributed by atoms with Crippen molar-refractivity contribution in [3.05, 3.63) is 40.3 Å². The highest BCUT2D eigenvalue weighted by Gasteiger charge is 2.17. The highest BCUT2D eigenvalue weighted by molar-refractivity contribution is 6.08. The molecule has 1 fully saturated rings. The molecule has 4 rings (SSSR count). The van der Waals surface area contributed by atoms with Crippen molar-refractivity contribution >= 4 is 21.8 Å². The van der Waals surface area contributed by atoms with E-state index in [4.69, 9.17) is 0 Å². The lowest BCUT2D eigenvalue weighted by atomic mass is 10.1. The highest BCUT2D eigenvalue weighted by atomic mass is 16.1. The van der Waals surface area contributed by atoms with Gasteiger partial charge in [-0.25, -0.2) is 4.68 Å². The van der Waals surface area contributed by atoms with Gasteiger partial charge in [0.05, 0.1) is 12.2 Å². The molecule has 3 heterocycles. The average Bonchev–Trinajstić information content (AvgIpc) is 2.92. The van der Waals surface area contributed by atoms with Crippen LogP contribution in [0.4, 0.5) is 0 Å². The predicted molar refractivity (Wildman–Crippen MR) is 96.5 cm³/mol. The van der Waals surface area contributed by atoms with Crippen LogP contribution in [0.3, 0.4) is 0 Å². The third-order valence-corrected chi connectivity index (χ3v) is 5.01. The summed E-state index contributed by atoms with van der Waals surface area (Å²) in [4.78, 5) is 15.4. The number of hydrogen-bond acceptors (Lipinski definition) is 4. The number of hydrogen-bond donors (Lipinski definition) is 1. The van der Waals surface area contributed by atoms with Crippen molar-refractivity contribution in [2.45, 2.75) is 13.5 Å². The lowest BCUT2D eigenvalue weighted by Crippen LogP contribution is -2.45. The first kappa shape index (κ1) is 15.4. The number of fused-ring (bicyclic) bond motifs is 3. The van der Waals surface area contributed by atoms with Gasteiger partial charge in [-0.1, -0.05) is 18.2 Å². The van der Waals surface area contributed by atoms with E-state index in [2.05, 4.69) is 27.4 Å². The molecule has 3 aromatic rings. The molecular formula is C18H23N5O. The maximum absolute atomic E-state index is 13.0. The Balaban J connectivity index is 1.77. The molecule has 2 aromatic heterocycles. The largest absolute Gasteiger partial charge is 0.339 e.